The van der Waals surface area contributed by atoms with Gasteiger partial charge in [0.05, 0.1) is 6.04 Å². The number of carbonyl (C=O) groups is 2. The maximum Gasteiger partial charge on any atom is 0.318 e. The second kappa shape index (κ2) is 10.6. The van der Waals surface area contributed by atoms with Crippen molar-refractivity contribution in [3.8, 4) is 5.75 Å². The topological polar surface area (TPSA) is 61.9 Å². The first-order valence-electron chi connectivity index (χ1n) is 10.7. The number of halogens is 1. The van der Waals surface area contributed by atoms with Gasteiger partial charge in [-0.2, -0.15) is 0 Å². The van der Waals surface area contributed by atoms with E-state index in [1.165, 1.54) is 10.9 Å². The van der Waals surface area contributed by atoms with Crippen molar-refractivity contribution >= 4 is 23.3 Å². The number of amides is 3. The zero-order valence-electron chi connectivity index (χ0n) is 18.3. The Labute approximate surface area is 187 Å². The molecule has 1 aromatic heterocycles. The molecule has 0 aliphatic carbocycles. The molecule has 6 nitrogen and oxygen atoms in total. The zero-order valence-corrected chi connectivity index (χ0v) is 19.1. The lowest BCUT2D eigenvalue weighted by molar-refractivity contribution is -0.136. The third kappa shape index (κ3) is 5.36. The fraction of sp³-hybridized carbons (Fsp3) is 0.478. The highest BCUT2D eigenvalue weighted by molar-refractivity contribution is 7.10. The summed E-state index contributed by atoms with van der Waals surface area (Å²) in [6.07, 6.45) is 1.51. The van der Waals surface area contributed by atoms with Crippen LogP contribution in [0.3, 0.4) is 0 Å². The molecule has 1 aliphatic rings. The lowest BCUT2D eigenvalue weighted by Gasteiger charge is -2.38. The summed E-state index contributed by atoms with van der Waals surface area (Å²) in [5.74, 6) is -0.396. The molecular weight excluding hydrogens is 417 g/mol. The maximum atomic E-state index is 14.0. The summed E-state index contributed by atoms with van der Waals surface area (Å²) < 4.78 is 19.8. The Morgan fingerprint density at radius 1 is 1.32 bits per heavy atom. The fourth-order valence-electron chi connectivity index (χ4n) is 3.74. The van der Waals surface area contributed by atoms with Crippen molar-refractivity contribution in [1.29, 1.82) is 0 Å². The summed E-state index contributed by atoms with van der Waals surface area (Å²) >= 11 is 1.66. The molecule has 8 heteroatoms. The quantitative estimate of drug-likeness (QED) is 0.659. The van der Waals surface area contributed by atoms with E-state index in [0.29, 0.717) is 13.1 Å². The summed E-state index contributed by atoms with van der Waals surface area (Å²) in [4.78, 5) is 30.4. The molecule has 2 aromatic rings. The molecule has 2 heterocycles. The largest absolute Gasteiger partial charge is 0.488 e. The van der Waals surface area contributed by atoms with Gasteiger partial charge in [-0.15, -0.1) is 11.3 Å². The van der Waals surface area contributed by atoms with Gasteiger partial charge in [-0.05, 0) is 55.8 Å². The van der Waals surface area contributed by atoms with Crippen LogP contribution in [0, 0.1) is 5.82 Å². The van der Waals surface area contributed by atoms with Gasteiger partial charge in [0.25, 0.3) is 0 Å². The molecule has 1 aliphatic heterocycles. The Morgan fingerprint density at radius 3 is 2.81 bits per heavy atom. The summed E-state index contributed by atoms with van der Waals surface area (Å²) in [6.45, 7) is 6.98. The Hall–Kier alpha value is -2.61. The second-order valence-corrected chi connectivity index (χ2v) is 8.61. The highest BCUT2D eigenvalue weighted by Crippen LogP contribution is 2.34. The standard InChI is InChI=1S/C23H30FN3O3S/c1-4-16(3)27(23(29)25-5-2)14-22(28)26-12-10-21-17(11-13-31-21)19(26)15-30-20-9-7-6-8-18(20)24/h6-9,11,13,16,19H,4-5,10,12,14-15H2,1-3H3,(H,25,29)/t16-,19-/m0/s1. The van der Waals surface area contributed by atoms with Crippen molar-refractivity contribution < 1.29 is 18.7 Å². The van der Waals surface area contributed by atoms with E-state index in [-0.39, 0.29) is 42.9 Å². The van der Waals surface area contributed by atoms with Gasteiger partial charge < -0.3 is 19.9 Å². The van der Waals surface area contributed by atoms with Crippen molar-refractivity contribution in [3.63, 3.8) is 0 Å². The van der Waals surface area contributed by atoms with E-state index in [4.69, 9.17) is 4.74 Å². The average Bonchev–Trinajstić information content (AvgIpc) is 3.25. The van der Waals surface area contributed by atoms with Crippen LogP contribution < -0.4 is 10.1 Å². The van der Waals surface area contributed by atoms with Gasteiger partial charge >= 0.3 is 6.03 Å². The molecule has 0 saturated heterocycles. The van der Waals surface area contributed by atoms with Crippen LogP contribution in [0.15, 0.2) is 35.7 Å². The van der Waals surface area contributed by atoms with Gasteiger partial charge in [-0.3, -0.25) is 4.79 Å². The molecule has 168 valence electrons. The number of ether oxygens (including phenoxy) is 1. The number of hydrogen-bond acceptors (Lipinski definition) is 4. The lowest BCUT2D eigenvalue weighted by atomic mass is 10.00. The van der Waals surface area contributed by atoms with E-state index in [9.17, 15) is 14.0 Å². The van der Waals surface area contributed by atoms with Crippen LogP contribution >= 0.6 is 11.3 Å². The van der Waals surface area contributed by atoms with Gasteiger partial charge in [-0.1, -0.05) is 19.1 Å². The number of hydrogen-bond donors (Lipinski definition) is 1. The average molecular weight is 448 g/mol. The highest BCUT2D eigenvalue weighted by atomic mass is 32.1. The van der Waals surface area contributed by atoms with E-state index >= 15 is 0 Å². The monoisotopic (exact) mass is 447 g/mol. The smallest absolute Gasteiger partial charge is 0.318 e. The number of fused-ring (bicyclic) bond motifs is 1. The van der Waals surface area contributed by atoms with E-state index in [1.807, 2.05) is 32.2 Å². The molecular formula is C23H30FN3O3S. The fourth-order valence-corrected chi connectivity index (χ4v) is 4.67. The van der Waals surface area contributed by atoms with Crippen molar-refractivity contribution in [1.82, 2.24) is 15.1 Å². The minimum Gasteiger partial charge on any atom is -0.488 e. The van der Waals surface area contributed by atoms with Crippen LogP contribution in [0.4, 0.5) is 9.18 Å². The van der Waals surface area contributed by atoms with Gasteiger partial charge in [-0.25, -0.2) is 9.18 Å². The van der Waals surface area contributed by atoms with Crippen LogP contribution in [-0.4, -0.2) is 54.0 Å². The van der Waals surface area contributed by atoms with E-state index in [1.54, 1.807) is 39.3 Å². The third-order valence-electron chi connectivity index (χ3n) is 5.67. The Morgan fingerprint density at radius 2 is 2.10 bits per heavy atom. The minimum atomic E-state index is -0.430. The number of nitrogens with zero attached hydrogens (tertiary/aromatic N) is 2. The van der Waals surface area contributed by atoms with Crippen molar-refractivity contribution in [2.45, 2.75) is 45.7 Å². The number of para-hydroxylation sites is 1. The van der Waals surface area contributed by atoms with Gasteiger partial charge in [0, 0.05) is 24.0 Å². The molecule has 0 fully saturated rings. The van der Waals surface area contributed by atoms with Gasteiger partial charge in [0.2, 0.25) is 5.91 Å². The number of nitrogens with one attached hydrogen (secondary N) is 1. The van der Waals surface area contributed by atoms with Crippen LogP contribution in [0.2, 0.25) is 0 Å². The predicted octanol–water partition coefficient (Wildman–Crippen LogP) is 4.22. The number of carbonyl (C=O) groups excluding carboxylic acids is 2. The minimum absolute atomic E-state index is 0.00346. The van der Waals surface area contributed by atoms with Crippen LogP contribution in [0.25, 0.3) is 0 Å². The first kappa shape index (κ1) is 23.1. The first-order chi connectivity index (χ1) is 15.0. The molecule has 31 heavy (non-hydrogen) atoms. The van der Waals surface area contributed by atoms with Crippen LogP contribution in [0.5, 0.6) is 5.75 Å². The number of benzene rings is 1. The molecule has 2 atom stereocenters. The van der Waals surface area contributed by atoms with Crippen molar-refractivity contribution in [3.05, 3.63) is 52.0 Å². The zero-order chi connectivity index (χ0) is 22.4. The highest BCUT2D eigenvalue weighted by Gasteiger charge is 2.34. The molecule has 3 amide bonds. The van der Waals surface area contributed by atoms with E-state index in [2.05, 4.69) is 5.32 Å². The molecule has 3 rings (SSSR count). The third-order valence-corrected chi connectivity index (χ3v) is 6.66. The Bertz CT molecular complexity index is 904. The molecule has 0 spiro atoms. The van der Waals surface area contributed by atoms with E-state index < -0.39 is 5.82 Å². The summed E-state index contributed by atoms with van der Waals surface area (Å²) in [5.41, 5.74) is 1.04. The summed E-state index contributed by atoms with van der Waals surface area (Å²) in [5, 5.41) is 4.81. The van der Waals surface area contributed by atoms with Gasteiger partial charge in [0.1, 0.15) is 13.2 Å². The van der Waals surface area contributed by atoms with Crippen molar-refractivity contribution in [2.24, 2.45) is 0 Å². The lowest BCUT2D eigenvalue weighted by Crippen LogP contribution is -2.52. The number of thiophene rings is 1. The molecule has 0 unspecified atom stereocenters. The van der Waals surface area contributed by atoms with Crippen LogP contribution in [0.1, 0.15) is 43.7 Å². The Balaban J connectivity index is 1.79. The van der Waals surface area contributed by atoms with Crippen molar-refractivity contribution in [2.75, 3.05) is 26.2 Å². The predicted molar refractivity (Wildman–Crippen MR) is 120 cm³/mol. The molecule has 0 saturated carbocycles. The van der Waals surface area contributed by atoms with E-state index in [0.717, 1.165) is 18.4 Å². The second-order valence-electron chi connectivity index (χ2n) is 7.61. The molecule has 1 N–H and O–H groups in total. The first-order valence-corrected chi connectivity index (χ1v) is 11.6. The molecule has 1 aromatic carbocycles. The molecule has 0 bridgehead atoms. The number of rotatable bonds is 8. The van der Waals surface area contributed by atoms with Crippen LogP contribution in [-0.2, 0) is 11.2 Å². The normalized spacial score (nSPS) is 16.4. The summed E-state index contributed by atoms with van der Waals surface area (Å²) in [7, 11) is 0. The SMILES string of the molecule is CCNC(=O)N(CC(=O)N1CCc2sccc2[C@@H]1COc1ccccc1F)[C@@H](C)CC. The maximum absolute atomic E-state index is 14.0. The summed E-state index contributed by atoms with van der Waals surface area (Å²) in [6, 6.07) is 7.64. The molecule has 0 radical (unpaired) electrons. The Kier molecular flexibility index (Phi) is 7.90. The number of urea groups is 1. The van der Waals surface area contributed by atoms with Gasteiger partial charge in [0.15, 0.2) is 11.6 Å².